The number of rotatable bonds is 7. The molecule has 0 amide bonds. The van der Waals surface area contributed by atoms with Gasteiger partial charge in [-0.1, -0.05) is 20.3 Å². The van der Waals surface area contributed by atoms with E-state index in [0.717, 1.165) is 31.9 Å². The minimum absolute atomic E-state index is 0. The highest BCUT2D eigenvalue weighted by Crippen LogP contribution is 2.46. The summed E-state index contributed by atoms with van der Waals surface area (Å²) in [6, 6.07) is 0. The number of aliphatic imine (C=N–C) groups is 1. The van der Waals surface area contributed by atoms with Crippen LogP contribution >= 0.6 is 24.0 Å². The molecule has 1 heterocycles. The molecule has 0 aromatic rings. The summed E-state index contributed by atoms with van der Waals surface area (Å²) in [6.07, 6.45) is 3.51. The van der Waals surface area contributed by atoms with Gasteiger partial charge in [-0.25, -0.2) is 13.1 Å². The second-order valence-corrected chi connectivity index (χ2v) is 10.2. The zero-order valence-electron chi connectivity index (χ0n) is 16.3. The van der Waals surface area contributed by atoms with Crippen LogP contribution in [0.1, 0.15) is 53.9 Å². The molecular formula is C17H35IN4O2S. The van der Waals surface area contributed by atoms with Gasteiger partial charge in [0.1, 0.15) is 0 Å². The number of hydrogen-bond donors (Lipinski definition) is 2. The molecule has 25 heavy (non-hydrogen) atoms. The molecular weight excluding hydrogens is 451 g/mol. The topological polar surface area (TPSA) is 73.8 Å². The zero-order valence-corrected chi connectivity index (χ0v) is 19.4. The van der Waals surface area contributed by atoms with Gasteiger partial charge in [0, 0.05) is 30.6 Å². The van der Waals surface area contributed by atoms with Gasteiger partial charge in [0.25, 0.3) is 0 Å². The predicted octanol–water partition coefficient (Wildman–Crippen LogP) is 2.41. The standard InChI is InChI=1S/C17H34N4O2S.HI/c1-6-18-15(21-13-16(2,3)17(21,4)5)19-10-11-24(22,23)20-12-14-8-7-9-14;/h14,20H,6-13H2,1-5H3,(H,18,19);1H. The highest BCUT2D eigenvalue weighted by atomic mass is 127. The van der Waals surface area contributed by atoms with E-state index in [1.54, 1.807) is 0 Å². The Morgan fingerprint density at radius 1 is 1.24 bits per heavy atom. The number of nitrogens with zero attached hydrogens (tertiary/aromatic N) is 2. The van der Waals surface area contributed by atoms with Gasteiger partial charge in [-0.05, 0) is 39.5 Å². The lowest BCUT2D eigenvalue weighted by molar-refractivity contribution is -0.0667. The van der Waals surface area contributed by atoms with Crippen LogP contribution in [0.2, 0.25) is 0 Å². The lowest BCUT2D eigenvalue weighted by Gasteiger charge is -2.62. The van der Waals surface area contributed by atoms with Crippen LogP contribution in [0.5, 0.6) is 0 Å². The van der Waals surface area contributed by atoms with Crippen molar-refractivity contribution < 1.29 is 8.42 Å². The second-order valence-electron chi connectivity index (χ2n) is 8.23. The van der Waals surface area contributed by atoms with Crippen molar-refractivity contribution in [1.82, 2.24) is 14.9 Å². The predicted molar refractivity (Wildman–Crippen MR) is 115 cm³/mol. The normalized spacial score (nSPS) is 22.6. The van der Waals surface area contributed by atoms with Crippen molar-refractivity contribution in [3.63, 3.8) is 0 Å². The number of nitrogens with one attached hydrogen (secondary N) is 2. The van der Waals surface area contributed by atoms with E-state index in [1.165, 1.54) is 6.42 Å². The quantitative estimate of drug-likeness (QED) is 0.329. The summed E-state index contributed by atoms with van der Waals surface area (Å²) in [7, 11) is -3.23. The van der Waals surface area contributed by atoms with Crippen LogP contribution in [0, 0.1) is 11.3 Å². The first kappa shape index (κ1) is 23.0. The van der Waals surface area contributed by atoms with Crippen LogP contribution < -0.4 is 10.0 Å². The van der Waals surface area contributed by atoms with E-state index < -0.39 is 10.0 Å². The Kier molecular flexibility index (Phi) is 8.02. The number of hydrogen-bond acceptors (Lipinski definition) is 3. The minimum Gasteiger partial charge on any atom is -0.356 e. The lowest BCUT2D eigenvalue weighted by atomic mass is 9.65. The maximum atomic E-state index is 12.1. The molecule has 2 fully saturated rings. The van der Waals surface area contributed by atoms with Gasteiger partial charge in [-0.15, -0.1) is 24.0 Å². The number of sulfonamides is 1. The Bertz CT molecular complexity index is 571. The van der Waals surface area contributed by atoms with Gasteiger partial charge in [-0.2, -0.15) is 0 Å². The second kappa shape index (κ2) is 8.73. The van der Waals surface area contributed by atoms with Gasteiger partial charge in [0.05, 0.1) is 12.3 Å². The van der Waals surface area contributed by atoms with E-state index in [2.05, 4.69) is 47.6 Å². The fraction of sp³-hybridized carbons (Fsp3) is 0.941. The first-order valence-electron chi connectivity index (χ1n) is 9.12. The summed E-state index contributed by atoms with van der Waals surface area (Å²) in [5.74, 6) is 1.40. The number of likely N-dealkylation sites (tertiary alicyclic amines) is 1. The minimum atomic E-state index is -3.23. The Morgan fingerprint density at radius 2 is 1.88 bits per heavy atom. The number of halogens is 1. The van der Waals surface area contributed by atoms with E-state index in [9.17, 15) is 8.42 Å². The average molecular weight is 486 g/mol. The Labute approximate surface area is 170 Å². The van der Waals surface area contributed by atoms with Crippen molar-refractivity contribution in [1.29, 1.82) is 0 Å². The Hall–Kier alpha value is -0.0900. The zero-order chi connectivity index (χ0) is 18.0. The molecule has 148 valence electrons. The molecule has 0 bridgehead atoms. The molecule has 2 N–H and O–H groups in total. The molecule has 2 aliphatic rings. The maximum Gasteiger partial charge on any atom is 0.213 e. The lowest BCUT2D eigenvalue weighted by Crippen LogP contribution is -2.72. The van der Waals surface area contributed by atoms with Gasteiger partial charge < -0.3 is 10.2 Å². The van der Waals surface area contributed by atoms with Crippen LogP contribution in [0.3, 0.4) is 0 Å². The third kappa shape index (κ3) is 5.45. The highest BCUT2D eigenvalue weighted by Gasteiger charge is 2.53. The van der Waals surface area contributed by atoms with Crippen LogP contribution in [-0.2, 0) is 10.0 Å². The molecule has 0 aromatic carbocycles. The molecule has 8 heteroatoms. The summed E-state index contributed by atoms with van der Waals surface area (Å²) in [5.41, 5.74) is 0.231. The van der Waals surface area contributed by atoms with E-state index in [4.69, 9.17) is 0 Å². The summed E-state index contributed by atoms with van der Waals surface area (Å²) in [6.45, 7) is 13.5. The first-order chi connectivity index (χ1) is 11.1. The van der Waals surface area contributed by atoms with Gasteiger partial charge in [0.2, 0.25) is 10.0 Å². The molecule has 1 saturated carbocycles. The first-order valence-corrected chi connectivity index (χ1v) is 10.8. The Morgan fingerprint density at radius 3 is 2.32 bits per heavy atom. The summed E-state index contributed by atoms with van der Waals surface area (Å²) < 4.78 is 26.9. The van der Waals surface area contributed by atoms with E-state index in [0.29, 0.717) is 12.5 Å². The van der Waals surface area contributed by atoms with Crippen molar-refractivity contribution in [3.05, 3.63) is 0 Å². The molecule has 0 unspecified atom stereocenters. The fourth-order valence-electron chi connectivity index (χ4n) is 3.08. The monoisotopic (exact) mass is 486 g/mol. The van der Waals surface area contributed by atoms with E-state index in [1.807, 2.05) is 6.92 Å². The summed E-state index contributed by atoms with van der Waals surface area (Å²) in [5, 5.41) is 3.29. The Balaban J connectivity index is 0.00000312. The summed E-state index contributed by atoms with van der Waals surface area (Å²) >= 11 is 0. The fourth-order valence-corrected chi connectivity index (χ4v) is 4.05. The van der Waals surface area contributed by atoms with Crippen LogP contribution in [0.15, 0.2) is 4.99 Å². The van der Waals surface area contributed by atoms with Crippen molar-refractivity contribution in [2.24, 2.45) is 16.3 Å². The van der Waals surface area contributed by atoms with Crippen molar-refractivity contribution >= 4 is 40.0 Å². The molecule has 1 saturated heterocycles. The van der Waals surface area contributed by atoms with Gasteiger partial charge >= 0.3 is 0 Å². The third-order valence-electron chi connectivity index (χ3n) is 5.91. The molecule has 0 spiro atoms. The molecule has 6 nitrogen and oxygen atoms in total. The van der Waals surface area contributed by atoms with Gasteiger partial charge in [-0.3, -0.25) is 4.99 Å². The molecule has 0 radical (unpaired) electrons. The molecule has 0 aromatic heterocycles. The maximum absolute atomic E-state index is 12.1. The SMILES string of the molecule is CCNC(=NCCS(=O)(=O)NCC1CCC1)N1CC(C)(C)C1(C)C.I. The molecule has 1 aliphatic carbocycles. The average Bonchev–Trinajstić information content (AvgIpc) is 2.42. The molecule has 0 atom stereocenters. The van der Waals surface area contributed by atoms with Crippen molar-refractivity contribution in [2.45, 2.75) is 59.4 Å². The number of guanidine groups is 1. The van der Waals surface area contributed by atoms with Crippen molar-refractivity contribution in [2.75, 3.05) is 31.9 Å². The van der Waals surface area contributed by atoms with E-state index >= 15 is 0 Å². The largest absolute Gasteiger partial charge is 0.356 e. The smallest absolute Gasteiger partial charge is 0.213 e. The van der Waals surface area contributed by atoms with Gasteiger partial charge in [0.15, 0.2) is 5.96 Å². The van der Waals surface area contributed by atoms with Crippen molar-refractivity contribution in [3.8, 4) is 0 Å². The van der Waals surface area contributed by atoms with Crippen LogP contribution in [0.25, 0.3) is 0 Å². The van der Waals surface area contributed by atoms with Crippen LogP contribution in [-0.4, -0.2) is 56.7 Å². The molecule has 1 aliphatic heterocycles. The highest BCUT2D eigenvalue weighted by molar-refractivity contribution is 14.0. The summed E-state index contributed by atoms with van der Waals surface area (Å²) in [4.78, 5) is 6.80. The van der Waals surface area contributed by atoms with E-state index in [-0.39, 0.29) is 47.2 Å². The van der Waals surface area contributed by atoms with Crippen LogP contribution in [0.4, 0.5) is 0 Å². The molecule has 2 rings (SSSR count). The third-order valence-corrected chi connectivity index (χ3v) is 7.24.